The second kappa shape index (κ2) is 9.37. The smallest absolute Gasteiger partial charge is 0.223 e. The summed E-state index contributed by atoms with van der Waals surface area (Å²) < 4.78 is 10.6. The zero-order valence-electron chi connectivity index (χ0n) is 13.0. The Hall–Kier alpha value is -1.59. The summed E-state index contributed by atoms with van der Waals surface area (Å²) in [5, 5.41) is 11.7. The first-order valence-electron chi connectivity index (χ1n) is 7.16. The minimum atomic E-state index is -0.158. The van der Waals surface area contributed by atoms with Crippen molar-refractivity contribution in [3.05, 3.63) is 29.3 Å². The lowest BCUT2D eigenvalue weighted by molar-refractivity contribution is -0.122. The van der Waals surface area contributed by atoms with Crippen LogP contribution in [0.15, 0.2) is 18.2 Å². The quantitative estimate of drug-likeness (QED) is 0.726. The lowest BCUT2D eigenvalue weighted by atomic mass is 10.1. The van der Waals surface area contributed by atoms with E-state index in [1.54, 1.807) is 7.11 Å². The highest BCUT2D eigenvalue weighted by atomic mass is 16.5. The predicted molar refractivity (Wildman–Crippen MR) is 81.5 cm³/mol. The summed E-state index contributed by atoms with van der Waals surface area (Å²) in [4.78, 5) is 11.8. The third-order valence-corrected chi connectivity index (χ3v) is 3.29. The predicted octanol–water partition coefficient (Wildman–Crippen LogP) is 1.59. The molecule has 0 spiro atoms. The van der Waals surface area contributed by atoms with E-state index in [4.69, 9.17) is 14.6 Å². The monoisotopic (exact) mass is 295 g/mol. The van der Waals surface area contributed by atoms with Gasteiger partial charge in [0.2, 0.25) is 5.91 Å². The Labute approximate surface area is 126 Å². The van der Waals surface area contributed by atoms with E-state index in [0.717, 1.165) is 5.75 Å². The lowest BCUT2D eigenvalue weighted by Crippen LogP contribution is -2.39. The summed E-state index contributed by atoms with van der Waals surface area (Å²) in [5.41, 5.74) is 2.38. The Balaban J connectivity index is 2.33. The number of amides is 1. The Bertz CT molecular complexity index is 442. The van der Waals surface area contributed by atoms with Crippen LogP contribution in [0, 0.1) is 13.8 Å². The van der Waals surface area contributed by atoms with Crippen LogP contribution in [0.4, 0.5) is 0 Å². The molecule has 0 radical (unpaired) electrons. The number of aliphatic hydroxyl groups is 1. The molecular weight excluding hydrogens is 270 g/mol. The molecule has 1 rings (SSSR count). The fraction of sp³-hybridized carbons (Fsp3) is 0.562. The number of benzene rings is 1. The van der Waals surface area contributed by atoms with Gasteiger partial charge in [0.05, 0.1) is 25.7 Å². The van der Waals surface area contributed by atoms with Gasteiger partial charge in [0.25, 0.3) is 0 Å². The number of hydrogen-bond donors (Lipinski definition) is 2. The molecular formula is C16H25NO4. The molecule has 0 saturated heterocycles. The van der Waals surface area contributed by atoms with Gasteiger partial charge in [0.1, 0.15) is 5.75 Å². The Morgan fingerprint density at radius 2 is 2.10 bits per heavy atom. The Morgan fingerprint density at radius 3 is 2.71 bits per heavy atom. The van der Waals surface area contributed by atoms with Gasteiger partial charge in [-0.05, 0) is 43.5 Å². The molecule has 2 N–H and O–H groups in total. The number of carbonyl (C=O) groups excluding carboxylic acids is 1. The van der Waals surface area contributed by atoms with E-state index in [9.17, 15) is 4.79 Å². The first-order chi connectivity index (χ1) is 10.1. The largest absolute Gasteiger partial charge is 0.493 e. The summed E-state index contributed by atoms with van der Waals surface area (Å²) in [5.74, 6) is 0.670. The summed E-state index contributed by atoms with van der Waals surface area (Å²) in [6.45, 7) is 4.81. The van der Waals surface area contributed by atoms with Crippen LogP contribution in [0.25, 0.3) is 0 Å². The van der Waals surface area contributed by atoms with Crippen molar-refractivity contribution in [2.75, 3.05) is 26.9 Å². The van der Waals surface area contributed by atoms with Gasteiger partial charge in [-0.15, -0.1) is 0 Å². The van der Waals surface area contributed by atoms with Gasteiger partial charge >= 0.3 is 0 Å². The second-order valence-corrected chi connectivity index (χ2v) is 5.08. The van der Waals surface area contributed by atoms with Crippen LogP contribution in [-0.2, 0) is 9.53 Å². The molecule has 1 unspecified atom stereocenters. The molecule has 1 aromatic rings. The van der Waals surface area contributed by atoms with Gasteiger partial charge < -0.3 is 19.9 Å². The highest BCUT2D eigenvalue weighted by Gasteiger charge is 2.11. The molecule has 1 amide bonds. The van der Waals surface area contributed by atoms with Crippen LogP contribution in [0.5, 0.6) is 5.75 Å². The lowest BCUT2D eigenvalue weighted by Gasteiger charge is -2.17. The van der Waals surface area contributed by atoms with Gasteiger partial charge in [0, 0.05) is 13.7 Å². The fourth-order valence-electron chi connectivity index (χ4n) is 1.92. The molecule has 1 aromatic carbocycles. The van der Waals surface area contributed by atoms with Crippen molar-refractivity contribution in [2.24, 2.45) is 0 Å². The molecule has 0 bridgehead atoms. The van der Waals surface area contributed by atoms with E-state index in [1.807, 2.05) is 32.0 Å². The van der Waals surface area contributed by atoms with Crippen LogP contribution >= 0.6 is 0 Å². The number of aryl methyl sites for hydroxylation is 2. The zero-order chi connectivity index (χ0) is 15.7. The maximum atomic E-state index is 11.8. The highest BCUT2D eigenvalue weighted by Crippen LogP contribution is 2.16. The molecule has 0 fully saturated rings. The third kappa shape index (κ3) is 6.60. The highest BCUT2D eigenvalue weighted by molar-refractivity contribution is 5.76. The number of hydrogen-bond acceptors (Lipinski definition) is 4. The zero-order valence-corrected chi connectivity index (χ0v) is 13.0. The topological polar surface area (TPSA) is 67.8 Å². The summed E-state index contributed by atoms with van der Waals surface area (Å²) in [6, 6.07) is 5.71. The van der Waals surface area contributed by atoms with Crippen LogP contribution in [0.2, 0.25) is 0 Å². The molecule has 1 atom stereocenters. The average Bonchev–Trinajstić information content (AvgIpc) is 2.43. The van der Waals surface area contributed by atoms with E-state index in [1.165, 1.54) is 11.1 Å². The van der Waals surface area contributed by atoms with Gasteiger partial charge in [-0.1, -0.05) is 6.07 Å². The van der Waals surface area contributed by atoms with Crippen molar-refractivity contribution in [1.29, 1.82) is 0 Å². The SMILES string of the molecule is COCC(CCO)NC(=O)CCOc1ccc(C)c(C)c1. The molecule has 21 heavy (non-hydrogen) atoms. The van der Waals surface area contributed by atoms with Crippen LogP contribution in [-0.4, -0.2) is 44.0 Å². The van der Waals surface area contributed by atoms with Crippen molar-refractivity contribution in [3.8, 4) is 5.75 Å². The maximum Gasteiger partial charge on any atom is 0.223 e. The van der Waals surface area contributed by atoms with Crippen molar-refractivity contribution in [3.63, 3.8) is 0 Å². The van der Waals surface area contributed by atoms with Gasteiger partial charge in [-0.25, -0.2) is 0 Å². The van der Waals surface area contributed by atoms with Crippen LogP contribution in [0.3, 0.4) is 0 Å². The first kappa shape index (κ1) is 17.5. The molecule has 5 nitrogen and oxygen atoms in total. The van der Waals surface area contributed by atoms with Gasteiger partial charge in [0.15, 0.2) is 0 Å². The molecule has 0 aliphatic carbocycles. The summed E-state index contributed by atoms with van der Waals surface area (Å²) >= 11 is 0. The molecule has 118 valence electrons. The van der Waals surface area contributed by atoms with Crippen molar-refractivity contribution < 1.29 is 19.4 Å². The molecule has 0 saturated carbocycles. The maximum absolute atomic E-state index is 11.8. The number of methoxy groups -OCH3 is 1. The van der Waals surface area contributed by atoms with E-state index in [0.29, 0.717) is 19.6 Å². The normalized spacial score (nSPS) is 12.0. The number of carbonyl (C=O) groups is 1. The van der Waals surface area contributed by atoms with E-state index < -0.39 is 0 Å². The fourth-order valence-corrected chi connectivity index (χ4v) is 1.92. The molecule has 0 heterocycles. The Morgan fingerprint density at radius 1 is 1.33 bits per heavy atom. The first-order valence-corrected chi connectivity index (χ1v) is 7.16. The summed E-state index contributed by atoms with van der Waals surface area (Å²) in [7, 11) is 1.57. The van der Waals surface area contributed by atoms with E-state index in [2.05, 4.69) is 5.32 Å². The molecule has 0 aromatic heterocycles. The minimum absolute atomic E-state index is 0.0213. The molecule has 5 heteroatoms. The van der Waals surface area contributed by atoms with Crippen LogP contribution in [0.1, 0.15) is 24.0 Å². The number of aliphatic hydroxyl groups excluding tert-OH is 1. The van der Waals surface area contributed by atoms with Crippen LogP contribution < -0.4 is 10.1 Å². The minimum Gasteiger partial charge on any atom is -0.493 e. The third-order valence-electron chi connectivity index (χ3n) is 3.29. The number of rotatable bonds is 9. The number of ether oxygens (including phenoxy) is 2. The van der Waals surface area contributed by atoms with Crippen molar-refractivity contribution in [2.45, 2.75) is 32.7 Å². The van der Waals surface area contributed by atoms with E-state index in [-0.39, 0.29) is 25.0 Å². The van der Waals surface area contributed by atoms with Crippen molar-refractivity contribution in [1.82, 2.24) is 5.32 Å². The molecule has 0 aliphatic heterocycles. The van der Waals surface area contributed by atoms with Gasteiger partial charge in [-0.3, -0.25) is 4.79 Å². The summed E-state index contributed by atoms with van der Waals surface area (Å²) in [6.07, 6.45) is 0.760. The standard InChI is InChI=1S/C16H25NO4/c1-12-4-5-15(10-13(12)2)21-9-7-16(19)17-14(6-8-18)11-20-3/h4-5,10,14,18H,6-9,11H2,1-3H3,(H,17,19). The molecule has 0 aliphatic rings. The van der Waals surface area contributed by atoms with Crippen molar-refractivity contribution >= 4 is 5.91 Å². The average molecular weight is 295 g/mol. The Kier molecular flexibility index (Phi) is 7.79. The van der Waals surface area contributed by atoms with Gasteiger partial charge in [-0.2, -0.15) is 0 Å². The van der Waals surface area contributed by atoms with E-state index >= 15 is 0 Å². The number of nitrogens with one attached hydrogen (secondary N) is 1. The second-order valence-electron chi connectivity index (χ2n) is 5.08.